The molecule has 0 aliphatic carbocycles. The first-order chi connectivity index (χ1) is 6.74. The van der Waals surface area contributed by atoms with Crippen molar-refractivity contribution in [1.82, 2.24) is 9.97 Å². The molecule has 72 valence electrons. The number of nitrogens with one attached hydrogen (secondary N) is 1. The molecule has 0 aromatic carbocycles. The molecule has 2 rings (SSSR count). The summed E-state index contributed by atoms with van der Waals surface area (Å²) in [5.41, 5.74) is 1.19. The summed E-state index contributed by atoms with van der Waals surface area (Å²) >= 11 is 1.63. The molecule has 0 unspecified atom stereocenters. The van der Waals surface area contributed by atoms with E-state index in [1.165, 1.54) is 10.4 Å². The lowest BCUT2D eigenvalue weighted by molar-refractivity contribution is 1.26. The standard InChI is InChI=1S/C10H11N3S/c1-7-3-4-11-9(5-7)13-10-12-6-8(2)14-10/h3-6H,1-2H3,(H,11,12,13). The van der Waals surface area contributed by atoms with E-state index in [0.717, 1.165) is 10.9 Å². The average Bonchev–Trinajstić information content (AvgIpc) is 2.51. The predicted molar refractivity (Wildman–Crippen MR) is 59.1 cm³/mol. The van der Waals surface area contributed by atoms with Crippen LogP contribution < -0.4 is 5.32 Å². The molecule has 2 heterocycles. The fourth-order valence-corrected chi connectivity index (χ4v) is 1.80. The van der Waals surface area contributed by atoms with Gasteiger partial charge in [0.25, 0.3) is 0 Å². The van der Waals surface area contributed by atoms with Gasteiger partial charge in [0.15, 0.2) is 5.13 Å². The van der Waals surface area contributed by atoms with Crippen LogP contribution in [0.5, 0.6) is 0 Å². The first kappa shape index (κ1) is 9.15. The summed E-state index contributed by atoms with van der Waals surface area (Å²) < 4.78 is 0. The Morgan fingerprint density at radius 1 is 1.29 bits per heavy atom. The van der Waals surface area contributed by atoms with Gasteiger partial charge in [0.1, 0.15) is 5.82 Å². The van der Waals surface area contributed by atoms with Crippen LogP contribution in [0.1, 0.15) is 10.4 Å². The third-order valence-corrected chi connectivity index (χ3v) is 2.60. The van der Waals surface area contributed by atoms with Gasteiger partial charge in [0.05, 0.1) is 0 Å². The molecule has 2 aromatic rings. The van der Waals surface area contributed by atoms with Gasteiger partial charge in [-0.15, -0.1) is 11.3 Å². The van der Waals surface area contributed by atoms with Gasteiger partial charge in [0, 0.05) is 17.3 Å². The van der Waals surface area contributed by atoms with E-state index >= 15 is 0 Å². The van der Waals surface area contributed by atoms with Gasteiger partial charge in [-0.05, 0) is 31.5 Å². The van der Waals surface area contributed by atoms with Gasteiger partial charge in [-0.3, -0.25) is 0 Å². The highest BCUT2D eigenvalue weighted by atomic mass is 32.1. The second-order valence-electron chi connectivity index (χ2n) is 3.12. The summed E-state index contributed by atoms with van der Waals surface area (Å²) in [5, 5.41) is 4.05. The van der Waals surface area contributed by atoms with Crippen molar-refractivity contribution in [3.8, 4) is 0 Å². The fourth-order valence-electron chi connectivity index (χ4n) is 1.13. The number of aryl methyl sites for hydroxylation is 2. The van der Waals surface area contributed by atoms with E-state index in [4.69, 9.17) is 0 Å². The molecule has 0 aliphatic heterocycles. The van der Waals surface area contributed by atoms with Gasteiger partial charge in [-0.2, -0.15) is 0 Å². The van der Waals surface area contributed by atoms with Crippen molar-refractivity contribution in [2.75, 3.05) is 5.32 Å². The van der Waals surface area contributed by atoms with Crippen LogP contribution >= 0.6 is 11.3 Å². The molecule has 14 heavy (non-hydrogen) atoms. The number of thiazole rings is 1. The maximum Gasteiger partial charge on any atom is 0.188 e. The third-order valence-electron chi connectivity index (χ3n) is 1.77. The predicted octanol–water partition coefficient (Wildman–Crippen LogP) is 2.90. The Bertz CT molecular complexity index is 436. The van der Waals surface area contributed by atoms with E-state index in [-0.39, 0.29) is 0 Å². The molecule has 0 fully saturated rings. The smallest absolute Gasteiger partial charge is 0.188 e. The van der Waals surface area contributed by atoms with E-state index in [2.05, 4.69) is 15.3 Å². The summed E-state index contributed by atoms with van der Waals surface area (Å²) in [6.07, 6.45) is 3.64. The molecule has 4 heteroatoms. The zero-order valence-corrected chi connectivity index (χ0v) is 8.93. The zero-order valence-electron chi connectivity index (χ0n) is 8.11. The molecule has 0 radical (unpaired) electrons. The molecule has 0 saturated heterocycles. The SMILES string of the molecule is Cc1ccnc(Nc2ncc(C)s2)c1. The number of hydrogen-bond donors (Lipinski definition) is 1. The molecule has 0 amide bonds. The summed E-state index contributed by atoms with van der Waals surface area (Å²) in [7, 11) is 0. The number of aromatic nitrogens is 2. The highest BCUT2D eigenvalue weighted by Gasteiger charge is 1.99. The van der Waals surface area contributed by atoms with Gasteiger partial charge < -0.3 is 5.32 Å². The van der Waals surface area contributed by atoms with Crippen molar-refractivity contribution in [3.63, 3.8) is 0 Å². The molecular weight excluding hydrogens is 194 g/mol. The van der Waals surface area contributed by atoms with Gasteiger partial charge in [0.2, 0.25) is 0 Å². The van der Waals surface area contributed by atoms with Crippen LogP contribution in [-0.4, -0.2) is 9.97 Å². The van der Waals surface area contributed by atoms with Crippen molar-refractivity contribution in [2.24, 2.45) is 0 Å². The maximum atomic E-state index is 4.21. The molecule has 0 atom stereocenters. The normalized spacial score (nSPS) is 10.1. The van der Waals surface area contributed by atoms with Crippen molar-refractivity contribution < 1.29 is 0 Å². The van der Waals surface area contributed by atoms with Crippen molar-refractivity contribution >= 4 is 22.3 Å². The van der Waals surface area contributed by atoms with Crippen LogP contribution in [0.25, 0.3) is 0 Å². The molecule has 1 N–H and O–H groups in total. The summed E-state index contributed by atoms with van der Waals surface area (Å²) in [6.45, 7) is 4.08. The van der Waals surface area contributed by atoms with Gasteiger partial charge >= 0.3 is 0 Å². The molecule has 0 aliphatic rings. The number of nitrogens with zero attached hydrogens (tertiary/aromatic N) is 2. The van der Waals surface area contributed by atoms with Crippen LogP contribution in [0.2, 0.25) is 0 Å². The first-order valence-corrected chi connectivity index (χ1v) is 5.18. The molecule has 0 saturated carbocycles. The molecule has 2 aromatic heterocycles. The molecule has 0 spiro atoms. The molecule has 3 nitrogen and oxygen atoms in total. The lowest BCUT2D eigenvalue weighted by Gasteiger charge is -2.01. The first-order valence-electron chi connectivity index (χ1n) is 4.36. The van der Waals surface area contributed by atoms with Crippen molar-refractivity contribution in [2.45, 2.75) is 13.8 Å². The number of hydrogen-bond acceptors (Lipinski definition) is 4. The lowest BCUT2D eigenvalue weighted by atomic mass is 10.3. The second kappa shape index (κ2) is 3.75. The Hall–Kier alpha value is -1.42. The largest absolute Gasteiger partial charge is 0.316 e. The highest BCUT2D eigenvalue weighted by molar-refractivity contribution is 7.15. The number of anilines is 2. The maximum absolute atomic E-state index is 4.21. The van der Waals surface area contributed by atoms with Crippen LogP contribution in [0.4, 0.5) is 10.9 Å². The van der Waals surface area contributed by atoms with Gasteiger partial charge in [-0.25, -0.2) is 9.97 Å². The quantitative estimate of drug-likeness (QED) is 0.819. The molecular formula is C10H11N3S. The Morgan fingerprint density at radius 2 is 2.14 bits per heavy atom. The summed E-state index contributed by atoms with van der Waals surface area (Å²) in [5.74, 6) is 0.847. The summed E-state index contributed by atoms with van der Waals surface area (Å²) in [4.78, 5) is 9.60. The monoisotopic (exact) mass is 205 g/mol. The lowest BCUT2D eigenvalue weighted by Crippen LogP contribution is -1.92. The van der Waals surface area contributed by atoms with Crippen LogP contribution in [-0.2, 0) is 0 Å². The van der Waals surface area contributed by atoms with Crippen LogP contribution in [0, 0.1) is 13.8 Å². The van der Waals surface area contributed by atoms with Crippen LogP contribution in [0.3, 0.4) is 0 Å². The number of rotatable bonds is 2. The Labute approximate surface area is 86.8 Å². The highest BCUT2D eigenvalue weighted by Crippen LogP contribution is 2.20. The van der Waals surface area contributed by atoms with E-state index in [0.29, 0.717) is 0 Å². The number of pyridine rings is 1. The Morgan fingerprint density at radius 3 is 2.79 bits per heavy atom. The summed E-state index contributed by atoms with van der Waals surface area (Å²) in [6, 6.07) is 3.97. The Kier molecular flexibility index (Phi) is 2.45. The van der Waals surface area contributed by atoms with Crippen molar-refractivity contribution in [3.05, 3.63) is 35.0 Å². The minimum absolute atomic E-state index is 0.847. The Balaban J connectivity index is 2.18. The van der Waals surface area contributed by atoms with Gasteiger partial charge in [-0.1, -0.05) is 0 Å². The van der Waals surface area contributed by atoms with E-state index in [9.17, 15) is 0 Å². The topological polar surface area (TPSA) is 37.8 Å². The molecule has 0 bridgehead atoms. The average molecular weight is 205 g/mol. The minimum Gasteiger partial charge on any atom is -0.316 e. The van der Waals surface area contributed by atoms with Crippen LogP contribution in [0.15, 0.2) is 24.5 Å². The van der Waals surface area contributed by atoms with E-state index in [1.807, 2.05) is 32.2 Å². The van der Waals surface area contributed by atoms with E-state index in [1.54, 1.807) is 17.5 Å². The zero-order chi connectivity index (χ0) is 9.97. The fraction of sp³-hybridized carbons (Fsp3) is 0.200. The van der Waals surface area contributed by atoms with Crippen molar-refractivity contribution in [1.29, 1.82) is 0 Å². The second-order valence-corrected chi connectivity index (χ2v) is 4.35. The third kappa shape index (κ3) is 2.09. The van der Waals surface area contributed by atoms with E-state index < -0.39 is 0 Å². The minimum atomic E-state index is 0.847.